The summed E-state index contributed by atoms with van der Waals surface area (Å²) in [7, 11) is 0. The Morgan fingerprint density at radius 2 is 1.60 bits per heavy atom. The van der Waals surface area contributed by atoms with Gasteiger partial charge in [-0.25, -0.2) is 8.78 Å². The summed E-state index contributed by atoms with van der Waals surface area (Å²) in [6.07, 6.45) is 1.72. The van der Waals surface area contributed by atoms with Crippen molar-refractivity contribution in [3.05, 3.63) is 0 Å². The highest BCUT2D eigenvalue weighted by Crippen LogP contribution is 2.41. The lowest BCUT2D eigenvalue weighted by atomic mass is 9.75. The van der Waals surface area contributed by atoms with Crippen LogP contribution in [-0.2, 0) is 0 Å². The van der Waals surface area contributed by atoms with Crippen molar-refractivity contribution in [1.82, 2.24) is 4.90 Å². The molecule has 0 radical (unpaired) electrons. The highest BCUT2D eigenvalue weighted by molar-refractivity contribution is 4.90. The average Bonchev–Trinajstić information content (AvgIpc) is 2.04. The first-order valence-corrected chi connectivity index (χ1v) is 6.10. The summed E-state index contributed by atoms with van der Waals surface area (Å²) in [6.45, 7) is 6.66. The predicted molar refractivity (Wildman–Crippen MR) is 57.1 cm³/mol. The molecule has 2 rings (SSSR count). The molecule has 1 saturated heterocycles. The molecule has 0 aromatic carbocycles. The molecule has 2 aliphatic rings. The predicted octanol–water partition coefficient (Wildman–Crippen LogP) is 3.15. The average molecular weight is 217 g/mol. The highest BCUT2D eigenvalue weighted by atomic mass is 19.3. The molecule has 88 valence electrons. The van der Waals surface area contributed by atoms with Crippen molar-refractivity contribution in [1.29, 1.82) is 0 Å². The Hall–Kier alpha value is -0.180. The van der Waals surface area contributed by atoms with E-state index in [2.05, 4.69) is 18.7 Å². The molecule has 1 heterocycles. The fourth-order valence-corrected chi connectivity index (χ4v) is 2.80. The summed E-state index contributed by atoms with van der Waals surface area (Å²) in [4.78, 5) is 2.43. The summed E-state index contributed by atoms with van der Waals surface area (Å²) in [5.74, 6) is -1.10. The van der Waals surface area contributed by atoms with Crippen LogP contribution in [0, 0.1) is 11.8 Å². The fraction of sp³-hybridized carbons (Fsp3) is 1.00. The van der Waals surface area contributed by atoms with Crippen LogP contribution < -0.4 is 0 Å². The molecule has 1 aliphatic heterocycles. The molecule has 0 amide bonds. The van der Waals surface area contributed by atoms with Crippen LogP contribution in [-0.4, -0.2) is 30.0 Å². The molecule has 2 fully saturated rings. The smallest absolute Gasteiger partial charge is 0.248 e. The molecule has 1 saturated carbocycles. The van der Waals surface area contributed by atoms with E-state index >= 15 is 0 Å². The second-order valence-corrected chi connectivity index (χ2v) is 5.50. The lowest BCUT2D eigenvalue weighted by Gasteiger charge is -2.47. The topological polar surface area (TPSA) is 3.24 Å². The zero-order valence-electron chi connectivity index (χ0n) is 9.68. The first-order valence-electron chi connectivity index (χ1n) is 6.10. The highest BCUT2D eigenvalue weighted by Gasteiger charge is 2.41. The number of hydrogen-bond donors (Lipinski definition) is 0. The summed E-state index contributed by atoms with van der Waals surface area (Å²) < 4.78 is 25.9. The van der Waals surface area contributed by atoms with Gasteiger partial charge in [-0.3, -0.25) is 0 Å². The van der Waals surface area contributed by atoms with Crippen molar-refractivity contribution in [3.63, 3.8) is 0 Å². The van der Waals surface area contributed by atoms with E-state index in [4.69, 9.17) is 0 Å². The SMILES string of the molecule is CC(C)N1CC(C2CCC(F)(F)CC2)C1. The minimum atomic E-state index is -2.36. The Kier molecular flexibility index (Phi) is 3.02. The summed E-state index contributed by atoms with van der Waals surface area (Å²) in [5.41, 5.74) is 0. The molecule has 0 spiro atoms. The molecule has 0 atom stereocenters. The number of rotatable bonds is 2. The Labute approximate surface area is 90.8 Å². The van der Waals surface area contributed by atoms with Gasteiger partial charge in [0.15, 0.2) is 0 Å². The standard InChI is InChI=1S/C12H21F2N/c1-9(2)15-7-11(8-15)10-3-5-12(13,14)6-4-10/h9-11H,3-8H2,1-2H3. The minimum absolute atomic E-state index is 0.121. The van der Waals surface area contributed by atoms with E-state index in [9.17, 15) is 8.78 Å². The van der Waals surface area contributed by atoms with E-state index in [1.54, 1.807) is 0 Å². The minimum Gasteiger partial charge on any atom is -0.300 e. The van der Waals surface area contributed by atoms with Crippen LogP contribution in [0.15, 0.2) is 0 Å². The van der Waals surface area contributed by atoms with Gasteiger partial charge in [0.05, 0.1) is 0 Å². The molecule has 0 unspecified atom stereocenters. The van der Waals surface area contributed by atoms with Crippen molar-refractivity contribution >= 4 is 0 Å². The van der Waals surface area contributed by atoms with E-state index in [1.165, 1.54) is 0 Å². The molecule has 15 heavy (non-hydrogen) atoms. The number of likely N-dealkylation sites (tertiary alicyclic amines) is 1. The maximum absolute atomic E-state index is 13.0. The van der Waals surface area contributed by atoms with Crippen LogP contribution in [0.2, 0.25) is 0 Å². The number of hydrogen-bond acceptors (Lipinski definition) is 1. The van der Waals surface area contributed by atoms with E-state index < -0.39 is 5.92 Å². The second kappa shape index (κ2) is 4.00. The molecular formula is C12H21F2N. The quantitative estimate of drug-likeness (QED) is 0.686. The van der Waals surface area contributed by atoms with Gasteiger partial charge in [-0.2, -0.15) is 0 Å². The van der Waals surface area contributed by atoms with Gasteiger partial charge in [0.2, 0.25) is 5.92 Å². The van der Waals surface area contributed by atoms with Gasteiger partial charge in [-0.05, 0) is 38.5 Å². The molecule has 0 aromatic rings. The monoisotopic (exact) mass is 217 g/mol. The van der Waals surface area contributed by atoms with Crippen LogP contribution >= 0.6 is 0 Å². The zero-order valence-corrected chi connectivity index (χ0v) is 9.68. The van der Waals surface area contributed by atoms with E-state index in [0.717, 1.165) is 25.9 Å². The molecular weight excluding hydrogens is 196 g/mol. The number of alkyl halides is 2. The molecule has 3 heteroatoms. The largest absolute Gasteiger partial charge is 0.300 e. The molecule has 0 N–H and O–H groups in total. The number of halogens is 2. The molecule has 0 bridgehead atoms. The summed E-state index contributed by atoms with van der Waals surface area (Å²) >= 11 is 0. The molecule has 1 nitrogen and oxygen atoms in total. The third kappa shape index (κ3) is 2.49. The van der Waals surface area contributed by atoms with Crippen LogP contribution in [0.5, 0.6) is 0 Å². The Balaban J connectivity index is 1.75. The Morgan fingerprint density at radius 1 is 1.07 bits per heavy atom. The van der Waals surface area contributed by atoms with E-state index in [-0.39, 0.29) is 12.8 Å². The Bertz CT molecular complexity index is 212. The third-order valence-corrected chi connectivity index (χ3v) is 4.10. The maximum Gasteiger partial charge on any atom is 0.248 e. The fourth-order valence-electron chi connectivity index (χ4n) is 2.80. The molecule has 0 aromatic heterocycles. The van der Waals surface area contributed by atoms with Crippen molar-refractivity contribution in [3.8, 4) is 0 Å². The van der Waals surface area contributed by atoms with Crippen molar-refractivity contribution < 1.29 is 8.78 Å². The van der Waals surface area contributed by atoms with Gasteiger partial charge in [0, 0.05) is 32.0 Å². The Morgan fingerprint density at radius 3 is 2.07 bits per heavy atom. The van der Waals surface area contributed by atoms with Gasteiger partial charge in [0.25, 0.3) is 0 Å². The first-order chi connectivity index (χ1) is 6.98. The van der Waals surface area contributed by atoms with Crippen molar-refractivity contribution in [2.75, 3.05) is 13.1 Å². The van der Waals surface area contributed by atoms with Gasteiger partial charge < -0.3 is 4.90 Å². The summed E-state index contributed by atoms with van der Waals surface area (Å²) in [6, 6.07) is 0.617. The van der Waals surface area contributed by atoms with Crippen LogP contribution in [0.1, 0.15) is 39.5 Å². The van der Waals surface area contributed by atoms with Crippen LogP contribution in [0.3, 0.4) is 0 Å². The third-order valence-electron chi connectivity index (χ3n) is 4.10. The van der Waals surface area contributed by atoms with Crippen LogP contribution in [0.25, 0.3) is 0 Å². The second-order valence-electron chi connectivity index (χ2n) is 5.50. The van der Waals surface area contributed by atoms with Gasteiger partial charge in [-0.1, -0.05) is 0 Å². The number of nitrogens with zero attached hydrogens (tertiary/aromatic N) is 1. The van der Waals surface area contributed by atoms with Gasteiger partial charge in [0.1, 0.15) is 0 Å². The van der Waals surface area contributed by atoms with Gasteiger partial charge >= 0.3 is 0 Å². The van der Waals surface area contributed by atoms with Crippen LogP contribution in [0.4, 0.5) is 8.78 Å². The van der Waals surface area contributed by atoms with Gasteiger partial charge in [-0.15, -0.1) is 0 Å². The lowest BCUT2D eigenvalue weighted by molar-refractivity contribution is -0.0691. The van der Waals surface area contributed by atoms with E-state index in [0.29, 0.717) is 17.9 Å². The maximum atomic E-state index is 13.0. The summed E-state index contributed by atoms with van der Waals surface area (Å²) in [5, 5.41) is 0. The zero-order chi connectivity index (χ0) is 11.1. The normalized spacial score (nSPS) is 29.4. The van der Waals surface area contributed by atoms with E-state index in [1.807, 2.05) is 0 Å². The van der Waals surface area contributed by atoms with Crippen molar-refractivity contribution in [2.45, 2.75) is 51.5 Å². The molecule has 1 aliphatic carbocycles. The first kappa shape index (κ1) is 11.3. The lowest BCUT2D eigenvalue weighted by Crippen LogP contribution is -2.53. The van der Waals surface area contributed by atoms with Crippen molar-refractivity contribution in [2.24, 2.45) is 11.8 Å².